The van der Waals surface area contributed by atoms with Gasteiger partial charge in [-0.15, -0.1) is 0 Å². The van der Waals surface area contributed by atoms with Crippen molar-refractivity contribution in [2.45, 2.75) is 6.42 Å². The molecule has 2 aromatic heterocycles. The second-order valence-corrected chi connectivity index (χ2v) is 4.08. The summed E-state index contributed by atoms with van der Waals surface area (Å²) in [5, 5.41) is 13.9. The van der Waals surface area contributed by atoms with Crippen LogP contribution in [0.1, 0.15) is 12.1 Å². The molecule has 0 aliphatic carbocycles. The molecular formula is C11H12N6O. The third-order valence-electron chi connectivity index (χ3n) is 2.90. The van der Waals surface area contributed by atoms with Gasteiger partial charge >= 0.3 is 0 Å². The van der Waals surface area contributed by atoms with Crippen molar-refractivity contribution in [3.63, 3.8) is 0 Å². The first-order valence-electron chi connectivity index (χ1n) is 5.53. The zero-order valence-electron chi connectivity index (χ0n) is 10.1. The van der Waals surface area contributed by atoms with E-state index in [1.165, 1.54) is 5.01 Å². The Morgan fingerprint density at radius 2 is 1.83 bits per heavy atom. The van der Waals surface area contributed by atoms with Crippen LogP contribution in [0.4, 0.5) is 5.82 Å². The van der Waals surface area contributed by atoms with Crippen molar-refractivity contribution in [1.82, 2.24) is 19.6 Å². The molecular weight excluding hydrogens is 232 g/mol. The summed E-state index contributed by atoms with van der Waals surface area (Å²) in [6.45, 7) is 0. The Hall–Kier alpha value is -2.44. The smallest absolute Gasteiger partial charge is 0.254 e. The van der Waals surface area contributed by atoms with E-state index in [4.69, 9.17) is 0 Å². The molecule has 2 aromatic rings. The first-order valence-corrected chi connectivity index (χ1v) is 5.53. The Kier molecular flexibility index (Phi) is 2.26. The van der Waals surface area contributed by atoms with Gasteiger partial charge in [0.15, 0.2) is 5.82 Å². The number of aryl methyl sites for hydroxylation is 2. The number of hydrazone groups is 1. The first kappa shape index (κ1) is 10.7. The summed E-state index contributed by atoms with van der Waals surface area (Å²) < 4.78 is 3.33. The summed E-state index contributed by atoms with van der Waals surface area (Å²) in [4.78, 5) is 12.0. The van der Waals surface area contributed by atoms with Crippen molar-refractivity contribution in [2.75, 3.05) is 5.01 Å². The van der Waals surface area contributed by atoms with Crippen molar-refractivity contribution in [3.8, 4) is 0 Å². The van der Waals surface area contributed by atoms with E-state index in [1.807, 2.05) is 13.1 Å². The molecule has 7 nitrogen and oxygen atoms in total. The number of aromatic nitrogens is 4. The summed E-state index contributed by atoms with van der Waals surface area (Å²) in [5.74, 6) is 0.604. The molecule has 0 unspecified atom stereocenters. The maximum atomic E-state index is 12.0. The Morgan fingerprint density at radius 1 is 1.11 bits per heavy atom. The first-order chi connectivity index (χ1) is 8.66. The van der Waals surface area contributed by atoms with E-state index in [2.05, 4.69) is 15.3 Å². The highest BCUT2D eigenvalue weighted by molar-refractivity contribution is 6.18. The summed E-state index contributed by atoms with van der Waals surface area (Å²) in [6, 6.07) is 3.60. The van der Waals surface area contributed by atoms with E-state index in [0.29, 0.717) is 5.82 Å². The lowest BCUT2D eigenvalue weighted by Crippen LogP contribution is -2.22. The van der Waals surface area contributed by atoms with Gasteiger partial charge in [-0.2, -0.15) is 20.3 Å². The Labute approximate surface area is 103 Å². The van der Waals surface area contributed by atoms with Crippen LogP contribution in [0.5, 0.6) is 0 Å². The molecule has 0 radical (unpaired) electrons. The molecule has 3 rings (SSSR count). The van der Waals surface area contributed by atoms with Gasteiger partial charge in [-0.1, -0.05) is 0 Å². The fraction of sp³-hybridized carbons (Fsp3) is 0.273. The molecule has 0 bridgehead atoms. The minimum absolute atomic E-state index is 0.0604. The van der Waals surface area contributed by atoms with Gasteiger partial charge in [0.2, 0.25) is 0 Å². The highest BCUT2D eigenvalue weighted by atomic mass is 16.2. The van der Waals surface area contributed by atoms with Crippen molar-refractivity contribution in [2.24, 2.45) is 19.2 Å². The number of rotatable bonds is 2. The highest BCUT2D eigenvalue weighted by Gasteiger charge is 2.28. The third-order valence-corrected chi connectivity index (χ3v) is 2.90. The molecule has 0 saturated heterocycles. The van der Waals surface area contributed by atoms with E-state index in [9.17, 15) is 4.79 Å². The number of anilines is 1. The monoisotopic (exact) mass is 244 g/mol. The fourth-order valence-corrected chi connectivity index (χ4v) is 1.98. The molecule has 92 valence electrons. The van der Waals surface area contributed by atoms with Crippen LogP contribution in [-0.2, 0) is 18.9 Å². The summed E-state index contributed by atoms with van der Waals surface area (Å²) in [5.41, 5.74) is 1.58. The molecule has 3 heterocycles. The number of hydrogen-bond acceptors (Lipinski definition) is 4. The van der Waals surface area contributed by atoms with Crippen LogP contribution >= 0.6 is 0 Å². The average molecular weight is 244 g/mol. The van der Waals surface area contributed by atoms with Crippen LogP contribution in [0, 0.1) is 0 Å². The highest BCUT2D eigenvalue weighted by Crippen LogP contribution is 2.21. The Bertz CT molecular complexity index is 638. The molecule has 1 aliphatic rings. The van der Waals surface area contributed by atoms with Gasteiger partial charge < -0.3 is 0 Å². The minimum atomic E-state index is -0.0604. The summed E-state index contributed by atoms with van der Waals surface area (Å²) in [7, 11) is 3.61. The molecule has 7 heteroatoms. The number of carbonyl (C=O) groups excluding carboxylic acids is 1. The van der Waals surface area contributed by atoms with E-state index < -0.39 is 0 Å². The van der Waals surface area contributed by atoms with Crippen molar-refractivity contribution in [3.05, 3.63) is 30.2 Å². The molecule has 0 saturated carbocycles. The van der Waals surface area contributed by atoms with Crippen LogP contribution < -0.4 is 5.01 Å². The van der Waals surface area contributed by atoms with Gasteiger partial charge in [0.05, 0.1) is 24.0 Å². The van der Waals surface area contributed by atoms with E-state index in [0.717, 1.165) is 11.4 Å². The maximum Gasteiger partial charge on any atom is 0.254 e. The number of carbonyl (C=O) groups is 1. The average Bonchev–Trinajstić information content (AvgIpc) is 3.00. The number of nitrogens with zero attached hydrogens (tertiary/aromatic N) is 6. The maximum absolute atomic E-state index is 12.0. The van der Waals surface area contributed by atoms with Crippen molar-refractivity contribution >= 4 is 17.4 Å². The fourth-order valence-electron chi connectivity index (χ4n) is 1.98. The number of hydrogen-bond donors (Lipinski definition) is 0. The summed E-state index contributed by atoms with van der Waals surface area (Å²) >= 11 is 0. The van der Waals surface area contributed by atoms with E-state index in [-0.39, 0.29) is 12.3 Å². The Balaban J connectivity index is 2.00. The molecule has 0 spiro atoms. The quantitative estimate of drug-likeness (QED) is 0.762. The second kappa shape index (κ2) is 3.80. The van der Waals surface area contributed by atoms with Gasteiger partial charge in [0, 0.05) is 26.4 Å². The van der Waals surface area contributed by atoms with Crippen molar-refractivity contribution in [1.29, 1.82) is 0 Å². The van der Waals surface area contributed by atoms with Crippen molar-refractivity contribution < 1.29 is 4.79 Å². The van der Waals surface area contributed by atoms with Gasteiger partial charge in [-0.3, -0.25) is 14.2 Å². The molecule has 1 aliphatic heterocycles. The normalized spacial score (nSPS) is 15.3. The van der Waals surface area contributed by atoms with E-state index in [1.54, 1.807) is 34.9 Å². The Morgan fingerprint density at radius 3 is 2.44 bits per heavy atom. The topological polar surface area (TPSA) is 68.3 Å². The van der Waals surface area contributed by atoms with Gasteiger partial charge in [-0.25, -0.2) is 0 Å². The van der Waals surface area contributed by atoms with Crippen LogP contribution in [0.15, 0.2) is 29.6 Å². The molecule has 0 atom stereocenters. The molecule has 1 amide bonds. The molecule has 0 N–H and O–H groups in total. The molecule has 0 fully saturated rings. The molecule has 0 aromatic carbocycles. The largest absolute Gasteiger partial charge is 0.272 e. The lowest BCUT2D eigenvalue weighted by Gasteiger charge is -2.10. The molecule has 18 heavy (non-hydrogen) atoms. The van der Waals surface area contributed by atoms with Crippen LogP contribution in [0.25, 0.3) is 0 Å². The van der Waals surface area contributed by atoms with Crippen LogP contribution in [0.3, 0.4) is 0 Å². The summed E-state index contributed by atoms with van der Waals surface area (Å²) in [6.07, 6.45) is 3.61. The SMILES string of the molecule is Cn1nccc1C1=NN(c2ccnn2C)C(=O)C1. The van der Waals surface area contributed by atoms with Crippen LogP contribution in [-0.4, -0.2) is 31.2 Å². The third kappa shape index (κ3) is 1.52. The standard InChI is InChI=1S/C11H12N6O/c1-15-9(3-5-12-15)8-7-11(18)17(14-8)10-4-6-13-16(10)2/h3-6H,7H2,1-2H3. The lowest BCUT2D eigenvalue weighted by molar-refractivity contribution is -0.117. The lowest BCUT2D eigenvalue weighted by atomic mass is 10.2. The minimum Gasteiger partial charge on any atom is -0.272 e. The predicted octanol–water partition coefficient (Wildman–Crippen LogP) is 0.295. The van der Waals surface area contributed by atoms with Gasteiger partial charge in [0.25, 0.3) is 5.91 Å². The predicted molar refractivity (Wildman–Crippen MR) is 65.1 cm³/mol. The van der Waals surface area contributed by atoms with E-state index >= 15 is 0 Å². The number of amides is 1. The van der Waals surface area contributed by atoms with Gasteiger partial charge in [0.1, 0.15) is 0 Å². The van der Waals surface area contributed by atoms with Gasteiger partial charge in [-0.05, 0) is 6.07 Å². The zero-order chi connectivity index (χ0) is 12.7. The second-order valence-electron chi connectivity index (χ2n) is 4.08. The zero-order valence-corrected chi connectivity index (χ0v) is 10.1. The van der Waals surface area contributed by atoms with Crippen LogP contribution in [0.2, 0.25) is 0 Å².